The number of ether oxygens (including phenoxy) is 1. The van der Waals surface area contributed by atoms with Crippen LogP contribution in [0, 0.1) is 6.92 Å². The lowest BCUT2D eigenvalue weighted by atomic mass is 9.92. The van der Waals surface area contributed by atoms with Gasteiger partial charge < -0.3 is 10.1 Å². The predicted molar refractivity (Wildman–Crippen MR) is 84.1 cm³/mol. The van der Waals surface area contributed by atoms with E-state index in [4.69, 9.17) is 4.74 Å². The zero-order valence-corrected chi connectivity index (χ0v) is 12.3. The maximum Gasteiger partial charge on any atom is 0.146 e. The fourth-order valence-electron chi connectivity index (χ4n) is 2.93. The second kappa shape index (κ2) is 5.60. The molecular weight excluding hydrogens is 262 g/mol. The lowest BCUT2D eigenvalue weighted by Crippen LogP contribution is -2.17. The van der Waals surface area contributed by atoms with Gasteiger partial charge in [-0.1, -0.05) is 35.9 Å². The van der Waals surface area contributed by atoms with Crippen molar-refractivity contribution in [3.8, 4) is 5.75 Å². The van der Waals surface area contributed by atoms with Gasteiger partial charge in [0.25, 0.3) is 0 Å². The predicted octanol–water partition coefficient (Wildman–Crippen LogP) is 3.32. The van der Waals surface area contributed by atoms with Gasteiger partial charge in [0.15, 0.2) is 0 Å². The second-order valence-electron chi connectivity index (χ2n) is 5.48. The summed E-state index contributed by atoms with van der Waals surface area (Å²) < 4.78 is 5.37. The number of ketones is 1. The summed E-state index contributed by atoms with van der Waals surface area (Å²) in [5.74, 6) is 0.955. The van der Waals surface area contributed by atoms with Gasteiger partial charge in [-0.2, -0.15) is 0 Å². The van der Waals surface area contributed by atoms with Crippen LogP contribution in [-0.2, 0) is 11.2 Å². The van der Waals surface area contributed by atoms with Crippen LogP contribution in [0.15, 0.2) is 42.5 Å². The van der Waals surface area contributed by atoms with Crippen molar-refractivity contribution in [1.82, 2.24) is 0 Å². The van der Waals surface area contributed by atoms with E-state index in [2.05, 4.69) is 5.32 Å². The molecule has 1 N–H and O–H groups in total. The highest BCUT2D eigenvalue weighted by Crippen LogP contribution is 2.33. The quantitative estimate of drug-likeness (QED) is 0.934. The van der Waals surface area contributed by atoms with Gasteiger partial charge >= 0.3 is 0 Å². The number of nitrogens with one attached hydrogen (secondary N) is 1. The summed E-state index contributed by atoms with van der Waals surface area (Å²) in [6.45, 7) is 2.71. The molecule has 0 spiro atoms. The summed E-state index contributed by atoms with van der Waals surface area (Å²) in [6.07, 6.45) is 0.408. The lowest BCUT2D eigenvalue weighted by molar-refractivity contribution is -0.119. The molecule has 1 aliphatic heterocycles. The first-order valence-corrected chi connectivity index (χ1v) is 7.18. The maximum absolute atomic E-state index is 12.7. The Morgan fingerprint density at radius 3 is 2.90 bits per heavy atom. The molecule has 3 nitrogen and oxygen atoms in total. The fourth-order valence-corrected chi connectivity index (χ4v) is 2.93. The van der Waals surface area contributed by atoms with Crippen molar-refractivity contribution in [3.63, 3.8) is 0 Å². The first-order chi connectivity index (χ1) is 10.2. The number of rotatable bonds is 4. The third kappa shape index (κ3) is 2.64. The SMILES string of the molecule is COc1ccc(C)cc1CC(=O)C1CNc2ccccc21. The van der Waals surface area contributed by atoms with Gasteiger partial charge in [-0.05, 0) is 24.6 Å². The molecule has 1 unspecified atom stereocenters. The summed E-state index contributed by atoms with van der Waals surface area (Å²) in [5, 5.41) is 3.30. The second-order valence-corrected chi connectivity index (χ2v) is 5.48. The van der Waals surface area contributed by atoms with Gasteiger partial charge in [0.2, 0.25) is 0 Å². The van der Waals surface area contributed by atoms with Gasteiger partial charge in [-0.15, -0.1) is 0 Å². The van der Waals surface area contributed by atoms with Crippen LogP contribution in [-0.4, -0.2) is 19.4 Å². The Morgan fingerprint density at radius 1 is 1.29 bits per heavy atom. The molecule has 0 saturated heterocycles. The Morgan fingerprint density at radius 2 is 2.10 bits per heavy atom. The third-order valence-corrected chi connectivity index (χ3v) is 4.02. The molecule has 1 heterocycles. The molecule has 0 radical (unpaired) electrons. The minimum atomic E-state index is -0.0635. The normalized spacial score (nSPS) is 16.2. The highest BCUT2D eigenvalue weighted by molar-refractivity contribution is 5.91. The number of carbonyl (C=O) groups excluding carboxylic acids is 1. The highest BCUT2D eigenvalue weighted by atomic mass is 16.5. The number of Topliss-reactive ketones (excluding diaryl/α,β-unsaturated/α-hetero) is 1. The van der Waals surface area contributed by atoms with E-state index >= 15 is 0 Å². The minimum absolute atomic E-state index is 0.0635. The van der Waals surface area contributed by atoms with Crippen LogP contribution >= 0.6 is 0 Å². The van der Waals surface area contributed by atoms with Crippen LogP contribution in [0.5, 0.6) is 5.75 Å². The molecular formula is C18H19NO2. The molecule has 1 atom stereocenters. The fraction of sp³-hybridized carbons (Fsp3) is 0.278. The van der Waals surface area contributed by atoms with E-state index < -0.39 is 0 Å². The summed E-state index contributed by atoms with van der Waals surface area (Å²) >= 11 is 0. The van der Waals surface area contributed by atoms with Crippen molar-refractivity contribution in [2.45, 2.75) is 19.3 Å². The van der Waals surface area contributed by atoms with Crippen LogP contribution in [0.4, 0.5) is 5.69 Å². The molecule has 2 aromatic rings. The number of fused-ring (bicyclic) bond motifs is 1. The molecule has 2 aromatic carbocycles. The van der Waals surface area contributed by atoms with Crippen molar-refractivity contribution in [3.05, 3.63) is 59.2 Å². The van der Waals surface area contributed by atoms with Gasteiger partial charge in [-0.25, -0.2) is 0 Å². The summed E-state index contributed by atoms with van der Waals surface area (Å²) in [5.41, 5.74) is 4.29. The molecule has 0 bridgehead atoms. The van der Waals surface area contributed by atoms with Crippen LogP contribution in [0.1, 0.15) is 22.6 Å². The molecule has 0 saturated carbocycles. The third-order valence-electron chi connectivity index (χ3n) is 4.02. The Bertz CT molecular complexity index is 679. The number of carbonyl (C=O) groups is 1. The Balaban J connectivity index is 1.83. The van der Waals surface area contributed by atoms with E-state index in [9.17, 15) is 4.79 Å². The molecule has 1 aliphatic rings. The molecule has 108 valence electrons. The molecule has 0 aromatic heterocycles. The van der Waals surface area contributed by atoms with Crippen molar-refractivity contribution in [2.24, 2.45) is 0 Å². The van der Waals surface area contributed by atoms with Crippen LogP contribution in [0.25, 0.3) is 0 Å². The van der Waals surface area contributed by atoms with Crippen LogP contribution in [0.2, 0.25) is 0 Å². The number of anilines is 1. The molecule has 0 aliphatic carbocycles. The molecule has 0 amide bonds. The summed E-state index contributed by atoms with van der Waals surface area (Å²) in [7, 11) is 1.64. The molecule has 21 heavy (non-hydrogen) atoms. The van der Waals surface area contributed by atoms with Crippen LogP contribution < -0.4 is 10.1 Å². The first-order valence-electron chi connectivity index (χ1n) is 7.18. The van der Waals surface area contributed by atoms with Gasteiger partial charge in [0.1, 0.15) is 11.5 Å². The smallest absolute Gasteiger partial charge is 0.146 e. The largest absolute Gasteiger partial charge is 0.496 e. The summed E-state index contributed by atoms with van der Waals surface area (Å²) in [6, 6.07) is 14.0. The van der Waals surface area contributed by atoms with Crippen LogP contribution in [0.3, 0.4) is 0 Å². The first kappa shape index (κ1) is 13.7. The monoisotopic (exact) mass is 281 g/mol. The van der Waals surface area contributed by atoms with Crippen molar-refractivity contribution >= 4 is 11.5 Å². The molecule has 3 heteroatoms. The topological polar surface area (TPSA) is 38.3 Å². The van der Waals surface area contributed by atoms with Crippen molar-refractivity contribution in [2.75, 3.05) is 19.0 Å². The zero-order chi connectivity index (χ0) is 14.8. The molecule has 3 rings (SSSR count). The highest BCUT2D eigenvalue weighted by Gasteiger charge is 2.28. The van der Waals surface area contributed by atoms with Gasteiger partial charge in [0.05, 0.1) is 13.0 Å². The number of benzene rings is 2. The average molecular weight is 281 g/mol. The van der Waals surface area contributed by atoms with E-state index in [1.165, 1.54) is 0 Å². The number of hydrogen-bond donors (Lipinski definition) is 1. The lowest BCUT2D eigenvalue weighted by Gasteiger charge is -2.12. The Kier molecular flexibility index (Phi) is 3.65. The molecule has 0 fully saturated rings. The number of methoxy groups -OCH3 is 1. The standard InChI is InChI=1S/C18H19NO2/c1-12-7-8-18(21-2)13(9-12)10-17(20)15-11-19-16-6-4-3-5-14(15)16/h3-9,15,19H,10-11H2,1-2H3. The number of aryl methyl sites for hydroxylation is 1. The van der Waals surface area contributed by atoms with E-state index in [1.54, 1.807) is 7.11 Å². The maximum atomic E-state index is 12.7. The number of para-hydroxylation sites is 1. The van der Waals surface area contributed by atoms with E-state index in [0.29, 0.717) is 13.0 Å². The van der Waals surface area contributed by atoms with Crippen molar-refractivity contribution < 1.29 is 9.53 Å². The van der Waals surface area contributed by atoms with E-state index in [0.717, 1.165) is 28.1 Å². The van der Waals surface area contributed by atoms with Crippen molar-refractivity contribution in [1.29, 1.82) is 0 Å². The average Bonchev–Trinajstić information content (AvgIpc) is 2.91. The van der Waals surface area contributed by atoms with E-state index in [1.807, 2.05) is 49.4 Å². The Hall–Kier alpha value is -2.29. The minimum Gasteiger partial charge on any atom is -0.496 e. The van der Waals surface area contributed by atoms with E-state index in [-0.39, 0.29) is 11.7 Å². The Labute approximate surface area is 124 Å². The van der Waals surface area contributed by atoms with Gasteiger partial charge in [0, 0.05) is 24.2 Å². The number of hydrogen-bond acceptors (Lipinski definition) is 3. The summed E-state index contributed by atoms with van der Waals surface area (Å²) in [4.78, 5) is 12.7. The van der Waals surface area contributed by atoms with Gasteiger partial charge in [-0.3, -0.25) is 4.79 Å². The zero-order valence-electron chi connectivity index (χ0n) is 12.3.